The Bertz CT molecular complexity index is 573. The predicted octanol–water partition coefficient (Wildman–Crippen LogP) is 0.274. The fourth-order valence-electron chi connectivity index (χ4n) is 2.41. The summed E-state index contributed by atoms with van der Waals surface area (Å²) in [5.41, 5.74) is 0.638. The number of piperazine rings is 1. The average Bonchev–Trinajstić information content (AvgIpc) is 2.96. The van der Waals surface area contributed by atoms with Gasteiger partial charge in [0.15, 0.2) is 0 Å². The fraction of sp³-hybridized carbons (Fsp3) is 0.688. The van der Waals surface area contributed by atoms with Gasteiger partial charge in [-0.05, 0) is 7.05 Å². The lowest BCUT2D eigenvalue weighted by Gasteiger charge is -2.29. The summed E-state index contributed by atoms with van der Waals surface area (Å²) >= 11 is 0. The Morgan fingerprint density at radius 2 is 2.00 bits per heavy atom. The Balaban J connectivity index is 1.79. The number of nitrogens with one attached hydrogen (secondary N) is 2. The predicted molar refractivity (Wildman–Crippen MR) is 90.8 cm³/mol. The van der Waals surface area contributed by atoms with Crippen molar-refractivity contribution in [2.24, 2.45) is 0 Å². The highest BCUT2D eigenvalue weighted by molar-refractivity contribution is 5.91. The molecule has 0 saturated carbocycles. The van der Waals surface area contributed by atoms with Crippen LogP contribution in [0.25, 0.3) is 0 Å². The quantitative estimate of drug-likeness (QED) is 0.802. The second-order valence-corrected chi connectivity index (χ2v) is 7.18. The van der Waals surface area contributed by atoms with Gasteiger partial charge in [0.1, 0.15) is 0 Å². The van der Waals surface area contributed by atoms with Crippen molar-refractivity contribution in [3.8, 4) is 0 Å². The summed E-state index contributed by atoms with van der Waals surface area (Å²) in [6.45, 7) is 9.46. The topological polar surface area (TPSA) is 90.7 Å². The molecule has 1 aromatic rings. The van der Waals surface area contributed by atoms with E-state index in [1.165, 1.54) is 0 Å². The highest BCUT2D eigenvalue weighted by Gasteiger charge is 2.21. The Morgan fingerprint density at radius 3 is 2.58 bits per heavy atom. The highest BCUT2D eigenvalue weighted by Crippen LogP contribution is 2.23. The number of amides is 2. The summed E-state index contributed by atoms with van der Waals surface area (Å²) in [5.74, 6) is 0.135. The summed E-state index contributed by atoms with van der Waals surface area (Å²) in [4.78, 5) is 27.7. The molecule has 24 heavy (non-hydrogen) atoms. The minimum atomic E-state index is -0.234. The molecule has 1 aliphatic rings. The maximum Gasteiger partial charge on any atom is 0.240 e. The monoisotopic (exact) mass is 337 g/mol. The van der Waals surface area contributed by atoms with E-state index in [0.29, 0.717) is 19.0 Å². The Hall–Kier alpha value is -1.93. The van der Waals surface area contributed by atoms with E-state index in [9.17, 15) is 9.59 Å². The number of anilines is 1. The van der Waals surface area contributed by atoms with Gasteiger partial charge in [0.05, 0.1) is 18.8 Å². The van der Waals surface area contributed by atoms with Gasteiger partial charge in [0.25, 0.3) is 0 Å². The van der Waals surface area contributed by atoms with E-state index < -0.39 is 0 Å². The summed E-state index contributed by atoms with van der Waals surface area (Å²) in [6, 6.07) is 1.73. The molecule has 2 amide bonds. The van der Waals surface area contributed by atoms with Crippen LogP contribution < -0.4 is 10.6 Å². The third-order valence-corrected chi connectivity index (χ3v) is 3.83. The van der Waals surface area contributed by atoms with Crippen molar-refractivity contribution in [2.75, 3.05) is 51.6 Å². The average molecular weight is 337 g/mol. The first kappa shape index (κ1) is 18.4. The van der Waals surface area contributed by atoms with Gasteiger partial charge in [-0.25, -0.2) is 0 Å². The molecule has 0 aromatic carbocycles. The normalized spacial score (nSPS) is 15.6. The number of carbonyl (C=O) groups is 2. The third kappa shape index (κ3) is 5.31. The molecule has 2 N–H and O–H groups in total. The summed E-state index contributed by atoms with van der Waals surface area (Å²) in [6.07, 6.45) is 0. The molecule has 0 spiro atoms. The van der Waals surface area contributed by atoms with Crippen molar-refractivity contribution in [3.63, 3.8) is 0 Å². The van der Waals surface area contributed by atoms with E-state index in [1.54, 1.807) is 18.0 Å². The minimum Gasteiger partial charge on any atom is -0.339 e. The maximum absolute atomic E-state index is 12.2. The largest absolute Gasteiger partial charge is 0.339 e. The molecule has 134 valence electrons. The van der Waals surface area contributed by atoms with Crippen LogP contribution in [0.4, 0.5) is 5.88 Å². The van der Waals surface area contributed by atoms with Gasteiger partial charge in [-0.3, -0.25) is 19.8 Å². The van der Waals surface area contributed by atoms with Gasteiger partial charge in [0, 0.05) is 37.7 Å². The molecule has 1 fully saturated rings. The molecule has 8 nitrogen and oxygen atoms in total. The maximum atomic E-state index is 12.2. The molecule has 1 aromatic heterocycles. The molecule has 0 aliphatic carbocycles. The zero-order chi connectivity index (χ0) is 17.7. The number of carbonyl (C=O) groups excluding carboxylic acids is 2. The number of likely N-dealkylation sites (N-methyl/N-ethyl adjacent to an activating group) is 1. The van der Waals surface area contributed by atoms with Crippen LogP contribution in [0.1, 0.15) is 26.5 Å². The highest BCUT2D eigenvalue weighted by atomic mass is 16.5. The molecule has 0 bridgehead atoms. The lowest BCUT2D eigenvalue weighted by atomic mass is 9.92. The van der Waals surface area contributed by atoms with Crippen molar-refractivity contribution < 1.29 is 14.1 Å². The molecule has 8 heteroatoms. The number of aromatic nitrogens is 1. The molecular formula is C16H27N5O3. The first-order valence-corrected chi connectivity index (χ1v) is 8.20. The van der Waals surface area contributed by atoms with E-state index in [0.717, 1.165) is 18.8 Å². The Labute approximate surface area is 142 Å². The first-order valence-electron chi connectivity index (χ1n) is 8.20. The van der Waals surface area contributed by atoms with Crippen molar-refractivity contribution in [1.29, 1.82) is 0 Å². The Kier molecular flexibility index (Phi) is 5.95. The molecule has 1 aliphatic heterocycles. The van der Waals surface area contributed by atoms with Gasteiger partial charge in [-0.15, -0.1) is 0 Å². The third-order valence-electron chi connectivity index (χ3n) is 3.83. The molecule has 1 saturated heterocycles. The summed E-state index contributed by atoms with van der Waals surface area (Å²) < 4.78 is 5.14. The Morgan fingerprint density at radius 1 is 1.33 bits per heavy atom. The number of rotatable bonds is 5. The second-order valence-electron chi connectivity index (χ2n) is 7.18. The van der Waals surface area contributed by atoms with E-state index in [2.05, 4.69) is 15.8 Å². The van der Waals surface area contributed by atoms with Crippen LogP contribution in [0.5, 0.6) is 0 Å². The fourth-order valence-corrected chi connectivity index (χ4v) is 2.41. The lowest BCUT2D eigenvalue weighted by molar-refractivity contribution is -0.133. The van der Waals surface area contributed by atoms with Gasteiger partial charge >= 0.3 is 0 Å². The molecule has 0 unspecified atom stereocenters. The van der Waals surface area contributed by atoms with E-state index in [4.69, 9.17) is 4.52 Å². The van der Waals surface area contributed by atoms with Crippen LogP contribution in [0.2, 0.25) is 0 Å². The molecule has 2 heterocycles. The SMILES string of the molecule is CN(CC(=O)Nc1cc(C(C)(C)C)no1)CC(=O)N1CCNCC1. The molecular weight excluding hydrogens is 310 g/mol. The zero-order valence-corrected chi connectivity index (χ0v) is 14.9. The summed E-state index contributed by atoms with van der Waals surface area (Å²) in [5, 5.41) is 9.84. The van der Waals surface area contributed by atoms with Gasteiger partial charge < -0.3 is 14.7 Å². The van der Waals surface area contributed by atoms with E-state index >= 15 is 0 Å². The molecule has 2 rings (SSSR count). The van der Waals surface area contributed by atoms with Crippen LogP contribution in [-0.2, 0) is 15.0 Å². The van der Waals surface area contributed by atoms with Crippen LogP contribution >= 0.6 is 0 Å². The van der Waals surface area contributed by atoms with E-state index in [-0.39, 0.29) is 30.3 Å². The van der Waals surface area contributed by atoms with Gasteiger partial charge in [-0.2, -0.15) is 0 Å². The zero-order valence-electron chi connectivity index (χ0n) is 14.9. The van der Waals surface area contributed by atoms with Gasteiger partial charge in [0.2, 0.25) is 17.7 Å². The van der Waals surface area contributed by atoms with Crippen molar-refractivity contribution in [1.82, 2.24) is 20.3 Å². The summed E-state index contributed by atoms with van der Waals surface area (Å²) in [7, 11) is 1.75. The van der Waals surface area contributed by atoms with Crippen molar-refractivity contribution in [3.05, 3.63) is 11.8 Å². The van der Waals surface area contributed by atoms with Crippen LogP contribution in [-0.4, -0.2) is 73.1 Å². The second kappa shape index (κ2) is 7.76. The van der Waals surface area contributed by atoms with Crippen molar-refractivity contribution in [2.45, 2.75) is 26.2 Å². The first-order chi connectivity index (χ1) is 11.3. The molecule has 0 radical (unpaired) electrons. The molecule has 0 atom stereocenters. The van der Waals surface area contributed by atoms with Gasteiger partial charge in [-0.1, -0.05) is 25.9 Å². The minimum absolute atomic E-state index is 0.0430. The standard InChI is InChI=1S/C16H27N5O3/c1-16(2,3)12-9-14(24-19-12)18-13(22)10-20(4)11-15(23)21-7-5-17-6-8-21/h9,17H,5-8,10-11H2,1-4H3,(H,18,22). The smallest absolute Gasteiger partial charge is 0.240 e. The number of hydrogen-bond acceptors (Lipinski definition) is 6. The van der Waals surface area contributed by atoms with E-state index in [1.807, 2.05) is 25.7 Å². The lowest BCUT2D eigenvalue weighted by Crippen LogP contribution is -2.49. The van der Waals surface area contributed by atoms with Crippen LogP contribution in [0.3, 0.4) is 0 Å². The number of hydrogen-bond donors (Lipinski definition) is 2. The van der Waals surface area contributed by atoms with Crippen LogP contribution in [0.15, 0.2) is 10.6 Å². The van der Waals surface area contributed by atoms with Crippen LogP contribution in [0, 0.1) is 0 Å². The number of nitrogens with zero attached hydrogens (tertiary/aromatic N) is 3. The van der Waals surface area contributed by atoms with Crippen molar-refractivity contribution >= 4 is 17.7 Å².